The van der Waals surface area contributed by atoms with Crippen LogP contribution in [0.5, 0.6) is 11.5 Å². The van der Waals surface area contributed by atoms with E-state index in [0.717, 1.165) is 24.2 Å². The Morgan fingerprint density at radius 1 is 1.00 bits per heavy atom. The number of halogens is 2. The largest absolute Gasteiger partial charge is 0.491 e. The Morgan fingerprint density at radius 3 is 2.27 bits per heavy atom. The van der Waals surface area contributed by atoms with E-state index in [1.54, 1.807) is 6.07 Å². The fourth-order valence-corrected chi connectivity index (χ4v) is 3.79. The third-order valence-corrected chi connectivity index (χ3v) is 6.21. The summed E-state index contributed by atoms with van der Waals surface area (Å²) in [6.07, 6.45) is -1.42. The predicted molar refractivity (Wildman–Crippen MR) is 126 cm³/mol. The predicted octanol–water partition coefficient (Wildman–Crippen LogP) is 3.20. The minimum Gasteiger partial charge on any atom is -0.491 e. The van der Waals surface area contributed by atoms with Crippen molar-refractivity contribution in [1.29, 1.82) is 0 Å². The molecule has 0 aromatic heterocycles. The Bertz CT molecular complexity index is 874. The fraction of sp³-hybridized carbons (Fsp3) is 0.520. The highest BCUT2D eigenvalue weighted by Gasteiger charge is 2.25. The summed E-state index contributed by atoms with van der Waals surface area (Å²) in [4.78, 5) is 2.17. The second-order valence-electron chi connectivity index (χ2n) is 8.79. The van der Waals surface area contributed by atoms with Crippen LogP contribution in [0.4, 0.5) is 4.39 Å². The molecule has 0 saturated carbocycles. The molecule has 6 nitrogen and oxygen atoms in total. The van der Waals surface area contributed by atoms with Crippen molar-refractivity contribution in [2.24, 2.45) is 0 Å². The van der Waals surface area contributed by atoms with Crippen LogP contribution in [0.1, 0.15) is 25.0 Å². The third-order valence-electron chi connectivity index (χ3n) is 5.85. The summed E-state index contributed by atoms with van der Waals surface area (Å²) in [5.74, 6) is 0.289. The van der Waals surface area contributed by atoms with Crippen LogP contribution < -0.4 is 9.47 Å². The van der Waals surface area contributed by atoms with Crippen LogP contribution in [0.15, 0.2) is 42.5 Å². The zero-order chi connectivity index (χ0) is 23.8. The van der Waals surface area contributed by atoms with E-state index >= 15 is 0 Å². The summed E-state index contributed by atoms with van der Waals surface area (Å²) >= 11 is 5.55. The molecular formula is C25H33ClFNO5. The zero-order valence-electron chi connectivity index (χ0n) is 19.2. The molecular weight excluding hydrogens is 449 g/mol. The Labute approximate surface area is 199 Å². The van der Waals surface area contributed by atoms with Gasteiger partial charge in [-0.25, -0.2) is 4.39 Å². The lowest BCUT2D eigenvalue weighted by atomic mass is 9.78. The molecule has 3 rings (SSSR count). The van der Waals surface area contributed by atoms with Gasteiger partial charge in [-0.15, -0.1) is 11.6 Å². The van der Waals surface area contributed by atoms with Gasteiger partial charge < -0.3 is 24.4 Å². The lowest BCUT2D eigenvalue weighted by Crippen LogP contribution is -2.42. The first-order valence-electron chi connectivity index (χ1n) is 11.2. The number of ether oxygens (including phenoxy) is 3. The van der Waals surface area contributed by atoms with Crippen molar-refractivity contribution in [3.8, 4) is 11.5 Å². The molecule has 33 heavy (non-hydrogen) atoms. The average molecular weight is 482 g/mol. The number of alkyl halides is 1. The molecule has 0 spiro atoms. The van der Waals surface area contributed by atoms with Gasteiger partial charge in [-0.2, -0.15) is 0 Å². The second-order valence-corrected chi connectivity index (χ2v) is 9.10. The molecule has 1 fully saturated rings. The maximum atomic E-state index is 14.6. The molecule has 2 unspecified atom stereocenters. The van der Waals surface area contributed by atoms with E-state index in [1.165, 1.54) is 6.07 Å². The number of benzene rings is 2. The normalized spacial score (nSPS) is 16.9. The van der Waals surface area contributed by atoms with Gasteiger partial charge >= 0.3 is 0 Å². The quantitative estimate of drug-likeness (QED) is 0.480. The number of hydrogen-bond donors (Lipinski definition) is 2. The summed E-state index contributed by atoms with van der Waals surface area (Å²) in [7, 11) is 0. The second kappa shape index (κ2) is 12.0. The van der Waals surface area contributed by atoms with Crippen LogP contribution in [0.25, 0.3) is 0 Å². The molecule has 1 saturated heterocycles. The highest BCUT2D eigenvalue weighted by atomic mass is 35.5. The fourth-order valence-electron chi connectivity index (χ4n) is 3.70. The average Bonchev–Trinajstić information content (AvgIpc) is 2.82. The van der Waals surface area contributed by atoms with Crippen LogP contribution >= 0.6 is 11.6 Å². The van der Waals surface area contributed by atoms with Gasteiger partial charge in [0.2, 0.25) is 0 Å². The Balaban J connectivity index is 1.57. The number of aliphatic hydroxyl groups is 2. The number of rotatable bonds is 11. The highest BCUT2D eigenvalue weighted by molar-refractivity contribution is 6.18. The Hall–Kier alpha value is -1.90. The summed E-state index contributed by atoms with van der Waals surface area (Å²) < 4.78 is 31.0. The highest BCUT2D eigenvalue weighted by Crippen LogP contribution is 2.34. The summed E-state index contributed by atoms with van der Waals surface area (Å²) in [5.41, 5.74) is 1.33. The number of hydrogen-bond acceptors (Lipinski definition) is 6. The maximum Gasteiger partial charge on any atom is 0.165 e. The van der Waals surface area contributed by atoms with Gasteiger partial charge in [-0.05, 0) is 35.4 Å². The zero-order valence-corrected chi connectivity index (χ0v) is 19.9. The number of nitrogens with zero attached hydrogens (tertiary/aromatic N) is 1. The molecule has 2 aromatic carbocycles. The van der Waals surface area contributed by atoms with Gasteiger partial charge in [0.15, 0.2) is 11.6 Å². The SMILES string of the molecule is CC(C)(c1ccc(OCC(O)CN2CCOCC2)cc1)c1ccc(OCC(O)CCl)c(F)c1. The van der Waals surface area contributed by atoms with Crippen molar-refractivity contribution >= 4 is 11.6 Å². The number of aliphatic hydroxyl groups excluding tert-OH is 2. The van der Waals surface area contributed by atoms with E-state index in [-0.39, 0.29) is 24.8 Å². The molecule has 0 amide bonds. The van der Waals surface area contributed by atoms with Crippen molar-refractivity contribution in [2.75, 3.05) is 51.9 Å². The van der Waals surface area contributed by atoms with Gasteiger partial charge in [0.25, 0.3) is 0 Å². The van der Waals surface area contributed by atoms with Crippen LogP contribution in [-0.2, 0) is 10.2 Å². The first-order chi connectivity index (χ1) is 15.8. The van der Waals surface area contributed by atoms with Crippen molar-refractivity contribution < 1.29 is 28.8 Å². The lowest BCUT2D eigenvalue weighted by molar-refractivity contribution is 0.00465. The van der Waals surface area contributed by atoms with Gasteiger partial charge in [-0.3, -0.25) is 4.90 Å². The smallest absolute Gasteiger partial charge is 0.165 e. The third kappa shape index (κ3) is 7.29. The van der Waals surface area contributed by atoms with Crippen molar-refractivity contribution in [1.82, 2.24) is 4.90 Å². The van der Waals surface area contributed by atoms with E-state index in [2.05, 4.69) is 4.90 Å². The molecule has 2 atom stereocenters. The van der Waals surface area contributed by atoms with E-state index in [4.69, 9.17) is 25.8 Å². The topological polar surface area (TPSA) is 71.4 Å². The minimum atomic E-state index is -0.844. The molecule has 182 valence electrons. The van der Waals surface area contributed by atoms with Crippen LogP contribution in [0.3, 0.4) is 0 Å². The first kappa shape index (κ1) is 25.7. The molecule has 1 aliphatic rings. The van der Waals surface area contributed by atoms with E-state index in [0.29, 0.717) is 25.5 Å². The summed E-state index contributed by atoms with van der Waals surface area (Å²) in [6, 6.07) is 12.5. The van der Waals surface area contributed by atoms with Crippen molar-refractivity contribution in [3.05, 3.63) is 59.4 Å². The Morgan fingerprint density at radius 2 is 1.64 bits per heavy atom. The van der Waals surface area contributed by atoms with E-state index in [9.17, 15) is 14.6 Å². The summed E-state index contributed by atoms with van der Waals surface area (Å²) in [5, 5.41) is 19.7. The molecule has 8 heteroatoms. The first-order valence-corrected chi connectivity index (χ1v) is 11.7. The molecule has 1 aliphatic heterocycles. The van der Waals surface area contributed by atoms with Crippen LogP contribution in [0, 0.1) is 5.82 Å². The standard InChI is InChI=1S/C25H33ClFNO5/c1-25(2,19-5-8-24(23(27)13-19)33-16-20(29)14-26)18-3-6-22(7-4-18)32-17-21(30)15-28-9-11-31-12-10-28/h3-8,13,20-21,29-30H,9-12,14-17H2,1-2H3. The molecule has 2 N–H and O–H groups in total. The molecule has 1 heterocycles. The van der Waals surface area contributed by atoms with Crippen LogP contribution in [-0.4, -0.2) is 79.3 Å². The maximum absolute atomic E-state index is 14.6. The van der Waals surface area contributed by atoms with Crippen LogP contribution in [0.2, 0.25) is 0 Å². The summed E-state index contributed by atoms with van der Waals surface area (Å²) in [6.45, 7) is 7.78. The lowest BCUT2D eigenvalue weighted by Gasteiger charge is -2.28. The number of β-amino-alcohol motifs (C(OH)–C–C–N with tert-alkyl or cyclic N) is 1. The van der Waals surface area contributed by atoms with Gasteiger partial charge in [0.1, 0.15) is 31.2 Å². The minimum absolute atomic E-state index is 0.0271. The molecule has 2 aromatic rings. The molecule has 0 radical (unpaired) electrons. The van der Waals surface area contributed by atoms with Gasteiger partial charge in [0, 0.05) is 25.0 Å². The monoisotopic (exact) mass is 481 g/mol. The van der Waals surface area contributed by atoms with E-state index in [1.807, 2.05) is 44.2 Å². The molecule has 0 aliphatic carbocycles. The number of morpholine rings is 1. The van der Waals surface area contributed by atoms with Gasteiger partial charge in [-0.1, -0.05) is 32.0 Å². The Kier molecular flexibility index (Phi) is 9.35. The van der Waals surface area contributed by atoms with Crippen molar-refractivity contribution in [2.45, 2.75) is 31.5 Å². The van der Waals surface area contributed by atoms with E-state index < -0.39 is 23.4 Å². The van der Waals surface area contributed by atoms with Crippen molar-refractivity contribution in [3.63, 3.8) is 0 Å². The van der Waals surface area contributed by atoms with Gasteiger partial charge in [0.05, 0.1) is 19.1 Å². The molecule has 0 bridgehead atoms.